The van der Waals surface area contributed by atoms with Gasteiger partial charge in [0.15, 0.2) is 11.6 Å². The lowest BCUT2D eigenvalue weighted by molar-refractivity contribution is 1.09. The maximum Gasteiger partial charge on any atom is 0.181 e. The predicted octanol–water partition coefficient (Wildman–Crippen LogP) is 3.76. The number of aromatic nitrogens is 3. The van der Waals surface area contributed by atoms with Gasteiger partial charge < -0.3 is 0 Å². The van der Waals surface area contributed by atoms with Crippen LogP contribution in [0.5, 0.6) is 0 Å². The summed E-state index contributed by atoms with van der Waals surface area (Å²) >= 11 is 0. The van der Waals surface area contributed by atoms with Crippen molar-refractivity contribution >= 4 is 0 Å². The van der Waals surface area contributed by atoms with E-state index in [1.165, 1.54) is 11.1 Å². The standard InChI is InChI=1S/C16H15N3/c1-11-7-6-8-12(2)14(11)16-17-15(18-19-16)13-9-4-3-5-10-13/h3-10H,1-2H3,(H,17,18,19). The van der Waals surface area contributed by atoms with Crippen LogP contribution in [0, 0.1) is 13.8 Å². The van der Waals surface area contributed by atoms with E-state index in [0.717, 1.165) is 22.8 Å². The van der Waals surface area contributed by atoms with Crippen molar-refractivity contribution in [1.29, 1.82) is 0 Å². The number of hydrogen-bond donors (Lipinski definition) is 1. The highest BCUT2D eigenvalue weighted by Gasteiger charge is 2.11. The lowest BCUT2D eigenvalue weighted by Crippen LogP contribution is -1.89. The van der Waals surface area contributed by atoms with Gasteiger partial charge in [-0.05, 0) is 25.0 Å². The highest BCUT2D eigenvalue weighted by atomic mass is 15.2. The van der Waals surface area contributed by atoms with Crippen molar-refractivity contribution in [2.75, 3.05) is 0 Å². The summed E-state index contributed by atoms with van der Waals surface area (Å²) in [7, 11) is 0. The zero-order valence-corrected chi connectivity index (χ0v) is 11.0. The molecule has 0 saturated carbocycles. The molecule has 0 bridgehead atoms. The maximum absolute atomic E-state index is 4.61. The summed E-state index contributed by atoms with van der Waals surface area (Å²) in [5.41, 5.74) is 4.57. The fourth-order valence-electron chi connectivity index (χ4n) is 2.28. The first-order valence-corrected chi connectivity index (χ1v) is 6.30. The molecule has 0 saturated heterocycles. The smallest absolute Gasteiger partial charge is 0.181 e. The molecule has 3 nitrogen and oxygen atoms in total. The van der Waals surface area contributed by atoms with Gasteiger partial charge >= 0.3 is 0 Å². The normalized spacial score (nSPS) is 10.6. The molecule has 19 heavy (non-hydrogen) atoms. The number of nitrogens with one attached hydrogen (secondary N) is 1. The van der Waals surface area contributed by atoms with Gasteiger partial charge in [-0.3, -0.25) is 5.10 Å². The Morgan fingerprint density at radius 2 is 1.53 bits per heavy atom. The van der Waals surface area contributed by atoms with Gasteiger partial charge in [-0.15, -0.1) is 0 Å². The van der Waals surface area contributed by atoms with Gasteiger partial charge in [0.25, 0.3) is 0 Å². The monoisotopic (exact) mass is 249 g/mol. The Labute approximate surface area is 112 Å². The fraction of sp³-hybridized carbons (Fsp3) is 0.125. The second-order valence-corrected chi connectivity index (χ2v) is 4.64. The van der Waals surface area contributed by atoms with Crippen LogP contribution in [0.2, 0.25) is 0 Å². The molecular formula is C16H15N3. The molecule has 0 amide bonds. The van der Waals surface area contributed by atoms with E-state index in [-0.39, 0.29) is 0 Å². The van der Waals surface area contributed by atoms with Crippen LogP contribution < -0.4 is 0 Å². The molecular weight excluding hydrogens is 234 g/mol. The summed E-state index contributed by atoms with van der Waals surface area (Å²) in [6, 6.07) is 16.2. The largest absolute Gasteiger partial charge is 0.259 e. The third-order valence-electron chi connectivity index (χ3n) is 3.24. The molecule has 3 heteroatoms. The summed E-state index contributed by atoms with van der Waals surface area (Å²) in [5, 5.41) is 7.35. The quantitative estimate of drug-likeness (QED) is 0.751. The minimum Gasteiger partial charge on any atom is -0.259 e. The first-order valence-electron chi connectivity index (χ1n) is 6.30. The highest BCUT2D eigenvalue weighted by molar-refractivity contribution is 5.66. The number of nitrogens with zero attached hydrogens (tertiary/aromatic N) is 2. The minimum atomic E-state index is 0.734. The van der Waals surface area contributed by atoms with Gasteiger partial charge in [-0.2, -0.15) is 5.10 Å². The summed E-state index contributed by atoms with van der Waals surface area (Å²) in [4.78, 5) is 4.61. The Morgan fingerprint density at radius 3 is 2.21 bits per heavy atom. The van der Waals surface area contributed by atoms with E-state index in [1.54, 1.807) is 0 Å². The van der Waals surface area contributed by atoms with Crippen LogP contribution in [-0.2, 0) is 0 Å². The van der Waals surface area contributed by atoms with E-state index in [9.17, 15) is 0 Å². The molecule has 0 aliphatic heterocycles. The maximum atomic E-state index is 4.61. The van der Waals surface area contributed by atoms with Gasteiger partial charge in [0.05, 0.1) is 0 Å². The average Bonchev–Trinajstić information content (AvgIpc) is 2.89. The Balaban J connectivity index is 2.07. The fourth-order valence-corrected chi connectivity index (χ4v) is 2.28. The molecule has 0 unspecified atom stereocenters. The minimum absolute atomic E-state index is 0.734. The molecule has 2 aromatic carbocycles. The molecule has 1 N–H and O–H groups in total. The van der Waals surface area contributed by atoms with Crippen LogP contribution in [0.25, 0.3) is 22.8 Å². The van der Waals surface area contributed by atoms with Crippen molar-refractivity contribution in [1.82, 2.24) is 15.2 Å². The molecule has 0 spiro atoms. The lowest BCUT2D eigenvalue weighted by Gasteiger charge is -2.05. The predicted molar refractivity (Wildman–Crippen MR) is 76.7 cm³/mol. The molecule has 0 aliphatic carbocycles. The van der Waals surface area contributed by atoms with Crippen LogP contribution in [0.15, 0.2) is 48.5 Å². The van der Waals surface area contributed by atoms with Crippen molar-refractivity contribution in [2.24, 2.45) is 0 Å². The Bertz CT molecular complexity index is 679. The van der Waals surface area contributed by atoms with Crippen molar-refractivity contribution in [3.63, 3.8) is 0 Å². The Hall–Kier alpha value is -2.42. The molecule has 0 fully saturated rings. The molecule has 94 valence electrons. The molecule has 1 heterocycles. The second-order valence-electron chi connectivity index (χ2n) is 4.64. The summed E-state index contributed by atoms with van der Waals surface area (Å²) in [6.45, 7) is 4.18. The van der Waals surface area contributed by atoms with E-state index >= 15 is 0 Å². The summed E-state index contributed by atoms with van der Waals surface area (Å²) in [6.07, 6.45) is 0. The van der Waals surface area contributed by atoms with Crippen molar-refractivity contribution in [3.05, 3.63) is 59.7 Å². The summed E-state index contributed by atoms with van der Waals surface area (Å²) < 4.78 is 0. The van der Waals surface area contributed by atoms with Crippen LogP contribution in [0.4, 0.5) is 0 Å². The van der Waals surface area contributed by atoms with Crippen LogP contribution >= 0.6 is 0 Å². The zero-order valence-electron chi connectivity index (χ0n) is 11.0. The van der Waals surface area contributed by atoms with Gasteiger partial charge in [0.1, 0.15) is 0 Å². The van der Waals surface area contributed by atoms with Crippen molar-refractivity contribution < 1.29 is 0 Å². The lowest BCUT2D eigenvalue weighted by atomic mass is 10.0. The average molecular weight is 249 g/mol. The van der Waals surface area contributed by atoms with Crippen LogP contribution in [0.1, 0.15) is 11.1 Å². The van der Waals surface area contributed by atoms with E-state index < -0.39 is 0 Å². The zero-order chi connectivity index (χ0) is 13.2. The summed E-state index contributed by atoms with van der Waals surface area (Å²) in [5.74, 6) is 1.56. The molecule has 3 rings (SSSR count). The van der Waals surface area contributed by atoms with Gasteiger partial charge in [0.2, 0.25) is 0 Å². The molecule has 0 radical (unpaired) electrons. The Morgan fingerprint density at radius 1 is 0.842 bits per heavy atom. The van der Waals surface area contributed by atoms with E-state index in [2.05, 4.69) is 47.2 Å². The third kappa shape index (κ3) is 2.15. The van der Waals surface area contributed by atoms with Gasteiger partial charge in [-0.1, -0.05) is 48.5 Å². The highest BCUT2D eigenvalue weighted by Crippen LogP contribution is 2.25. The number of aromatic amines is 1. The number of benzene rings is 2. The number of aryl methyl sites for hydroxylation is 2. The number of hydrogen-bond acceptors (Lipinski definition) is 2. The van der Waals surface area contributed by atoms with E-state index in [4.69, 9.17) is 0 Å². The molecule has 1 aromatic heterocycles. The first kappa shape index (κ1) is 11.7. The van der Waals surface area contributed by atoms with Crippen molar-refractivity contribution in [2.45, 2.75) is 13.8 Å². The van der Waals surface area contributed by atoms with Crippen LogP contribution in [0.3, 0.4) is 0 Å². The third-order valence-corrected chi connectivity index (χ3v) is 3.24. The molecule has 0 atom stereocenters. The van der Waals surface area contributed by atoms with E-state index in [1.807, 2.05) is 30.3 Å². The van der Waals surface area contributed by atoms with Gasteiger partial charge in [0, 0.05) is 11.1 Å². The van der Waals surface area contributed by atoms with Gasteiger partial charge in [-0.25, -0.2) is 4.98 Å². The first-order chi connectivity index (χ1) is 9.25. The Kier molecular flexibility index (Phi) is 2.88. The second kappa shape index (κ2) is 4.69. The number of rotatable bonds is 2. The number of H-pyrrole nitrogens is 1. The molecule has 0 aliphatic rings. The topological polar surface area (TPSA) is 41.6 Å². The SMILES string of the molecule is Cc1cccc(C)c1-c1nc(-c2ccccc2)n[nH]1. The van der Waals surface area contributed by atoms with Crippen LogP contribution in [-0.4, -0.2) is 15.2 Å². The molecule has 3 aromatic rings. The van der Waals surface area contributed by atoms with E-state index in [0.29, 0.717) is 0 Å². The van der Waals surface area contributed by atoms with Crippen molar-refractivity contribution in [3.8, 4) is 22.8 Å².